The number of aliphatic hydroxyl groups is 1. The van der Waals surface area contributed by atoms with Gasteiger partial charge in [-0.15, -0.1) is 0 Å². The molecule has 0 spiro atoms. The zero-order chi connectivity index (χ0) is 19.0. The van der Waals surface area contributed by atoms with Gasteiger partial charge in [0.1, 0.15) is 6.10 Å². The molecular weight excluding hydrogens is 328 g/mol. The van der Waals surface area contributed by atoms with E-state index in [9.17, 15) is 14.7 Å². The maximum absolute atomic E-state index is 11.1. The number of methoxy groups -OCH3 is 2. The molecule has 1 atom stereocenters. The lowest BCUT2D eigenvalue weighted by Crippen LogP contribution is -2.15. The fourth-order valence-electron chi connectivity index (χ4n) is 1.86. The number of aliphatic hydroxyl groups excluding tert-OH is 1. The number of rotatable bonds is 5. The molecule has 0 saturated heterocycles. The zero-order valence-corrected chi connectivity index (χ0v) is 14.1. The number of ketones is 1. The van der Waals surface area contributed by atoms with Crippen LogP contribution in [0.4, 0.5) is 0 Å². The van der Waals surface area contributed by atoms with E-state index in [0.717, 1.165) is 0 Å². The summed E-state index contributed by atoms with van der Waals surface area (Å²) < 4.78 is 9.57. The lowest BCUT2D eigenvalue weighted by molar-refractivity contribution is 0.0695. The molecule has 0 aromatic heterocycles. The number of Topliss-reactive ketones (excluding diaryl/α,β-unsaturated/α-hetero) is 1. The number of aromatic carboxylic acids is 1. The summed E-state index contributed by atoms with van der Waals surface area (Å²) in [4.78, 5) is 21.8. The van der Waals surface area contributed by atoms with Gasteiger partial charge in [-0.3, -0.25) is 4.79 Å². The van der Waals surface area contributed by atoms with Gasteiger partial charge in [0.25, 0.3) is 0 Å². The van der Waals surface area contributed by atoms with E-state index in [4.69, 9.17) is 19.7 Å². The Labute approximate surface area is 145 Å². The predicted molar refractivity (Wildman–Crippen MR) is 90.6 cm³/mol. The molecule has 0 fully saturated rings. The monoisotopic (exact) mass is 348 g/mol. The number of phenolic OH excluding ortho intramolecular Hbond substituents is 1. The van der Waals surface area contributed by atoms with Crippen molar-refractivity contribution in [3.8, 4) is 17.2 Å². The highest BCUT2D eigenvalue weighted by atomic mass is 16.5. The first-order chi connectivity index (χ1) is 11.8. The first kappa shape index (κ1) is 20.0. The second-order valence-electron chi connectivity index (χ2n) is 4.94. The summed E-state index contributed by atoms with van der Waals surface area (Å²) >= 11 is 0. The summed E-state index contributed by atoms with van der Waals surface area (Å²) in [7, 11) is 2.67. The second-order valence-corrected chi connectivity index (χ2v) is 4.94. The molecule has 2 aromatic rings. The molecule has 7 heteroatoms. The van der Waals surface area contributed by atoms with Crippen LogP contribution in [0.15, 0.2) is 42.5 Å². The van der Waals surface area contributed by atoms with Crippen molar-refractivity contribution in [2.24, 2.45) is 0 Å². The van der Waals surface area contributed by atoms with Crippen LogP contribution in [-0.4, -0.2) is 47.4 Å². The molecule has 2 aromatic carbocycles. The Morgan fingerprint density at radius 2 is 1.44 bits per heavy atom. The van der Waals surface area contributed by atoms with Crippen LogP contribution >= 0.6 is 0 Å². The van der Waals surface area contributed by atoms with Gasteiger partial charge in [-0.1, -0.05) is 30.3 Å². The number of hydrogen-bond donors (Lipinski definition) is 3. The van der Waals surface area contributed by atoms with Crippen molar-refractivity contribution >= 4 is 11.8 Å². The second kappa shape index (κ2) is 9.29. The zero-order valence-electron chi connectivity index (χ0n) is 14.1. The molecular formula is C18H20O7. The Morgan fingerprint density at radius 1 is 0.960 bits per heavy atom. The first-order valence-corrected chi connectivity index (χ1v) is 7.27. The van der Waals surface area contributed by atoms with E-state index in [1.165, 1.54) is 33.3 Å². The van der Waals surface area contributed by atoms with Crippen LogP contribution in [-0.2, 0) is 0 Å². The topological polar surface area (TPSA) is 113 Å². The number of carbonyl (C=O) groups is 2. The number of carbonyl (C=O) groups excluding carboxylic acids is 1. The van der Waals surface area contributed by atoms with E-state index in [0.29, 0.717) is 5.56 Å². The van der Waals surface area contributed by atoms with E-state index in [-0.39, 0.29) is 28.6 Å². The molecule has 2 rings (SSSR count). The van der Waals surface area contributed by atoms with Gasteiger partial charge in [-0.2, -0.15) is 0 Å². The third-order valence-electron chi connectivity index (χ3n) is 3.16. The summed E-state index contributed by atoms with van der Waals surface area (Å²) in [5, 5.41) is 27.1. The van der Waals surface area contributed by atoms with Gasteiger partial charge < -0.3 is 24.8 Å². The maximum Gasteiger partial charge on any atom is 0.335 e. The molecule has 0 radical (unpaired) electrons. The molecule has 0 heterocycles. The van der Waals surface area contributed by atoms with Crippen molar-refractivity contribution in [3.05, 3.63) is 53.6 Å². The largest absolute Gasteiger partial charge is 0.502 e. The summed E-state index contributed by atoms with van der Waals surface area (Å²) in [6.45, 7) is 1.47. The van der Waals surface area contributed by atoms with E-state index in [1.807, 2.05) is 6.07 Å². The Bertz CT molecular complexity index is 698. The summed E-state index contributed by atoms with van der Waals surface area (Å²) in [6.07, 6.45) is -0.905. The molecule has 134 valence electrons. The number of benzene rings is 2. The third kappa shape index (κ3) is 5.50. The van der Waals surface area contributed by atoms with Crippen molar-refractivity contribution in [1.29, 1.82) is 0 Å². The lowest BCUT2D eigenvalue weighted by Gasteiger charge is -2.08. The smallest absolute Gasteiger partial charge is 0.335 e. The van der Waals surface area contributed by atoms with Crippen LogP contribution in [0.3, 0.4) is 0 Å². The van der Waals surface area contributed by atoms with Crippen molar-refractivity contribution in [1.82, 2.24) is 0 Å². The molecule has 25 heavy (non-hydrogen) atoms. The van der Waals surface area contributed by atoms with Crippen LogP contribution in [0.2, 0.25) is 0 Å². The Hall–Kier alpha value is -3.06. The number of phenols is 1. The van der Waals surface area contributed by atoms with Crippen LogP contribution in [0.5, 0.6) is 17.2 Å². The number of ether oxygens (including phenoxy) is 2. The first-order valence-electron chi connectivity index (χ1n) is 7.27. The highest BCUT2D eigenvalue weighted by molar-refractivity contribution is 5.98. The summed E-state index contributed by atoms with van der Waals surface area (Å²) in [5.74, 6) is -1.41. The van der Waals surface area contributed by atoms with Crippen LogP contribution in [0.25, 0.3) is 0 Å². The van der Waals surface area contributed by atoms with Gasteiger partial charge in [0.2, 0.25) is 5.75 Å². The molecule has 0 amide bonds. The van der Waals surface area contributed by atoms with E-state index in [1.54, 1.807) is 24.3 Å². The van der Waals surface area contributed by atoms with Crippen LogP contribution in [0, 0.1) is 0 Å². The molecule has 7 nitrogen and oxygen atoms in total. The quantitative estimate of drug-likeness (QED) is 0.711. The number of aromatic hydroxyl groups is 1. The highest BCUT2D eigenvalue weighted by Crippen LogP contribution is 2.36. The lowest BCUT2D eigenvalue weighted by atomic mass is 10.1. The SMILES string of the molecule is CC(O)C(=O)c1ccccc1.COc1cc(C(=O)O)cc(OC)c1O. The molecule has 0 aliphatic heterocycles. The third-order valence-corrected chi connectivity index (χ3v) is 3.16. The minimum Gasteiger partial charge on any atom is -0.502 e. The number of carboxylic acids is 1. The Morgan fingerprint density at radius 3 is 1.80 bits per heavy atom. The van der Waals surface area contributed by atoms with Gasteiger partial charge in [-0.05, 0) is 19.1 Å². The van der Waals surface area contributed by atoms with Crippen LogP contribution < -0.4 is 9.47 Å². The summed E-state index contributed by atoms with van der Waals surface area (Å²) in [6, 6.07) is 11.2. The number of carboxylic acid groups (broad SMARTS) is 1. The van der Waals surface area contributed by atoms with Crippen molar-refractivity contribution < 1.29 is 34.4 Å². The Balaban J connectivity index is 0.000000257. The van der Waals surface area contributed by atoms with Gasteiger partial charge in [0.15, 0.2) is 17.3 Å². The Kier molecular flexibility index (Phi) is 7.43. The molecule has 1 unspecified atom stereocenters. The average Bonchev–Trinajstić information content (AvgIpc) is 2.62. The fourth-order valence-corrected chi connectivity index (χ4v) is 1.86. The maximum atomic E-state index is 11.1. The molecule has 0 bridgehead atoms. The molecule has 0 aliphatic carbocycles. The van der Waals surface area contributed by atoms with Crippen molar-refractivity contribution in [2.45, 2.75) is 13.0 Å². The van der Waals surface area contributed by atoms with Crippen molar-refractivity contribution in [2.75, 3.05) is 14.2 Å². The average molecular weight is 348 g/mol. The fraction of sp³-hybridized carbons (Fsp3) is 0.222. The predicted octanol–water partition coefficient (Wildman–Crippen LogP) is 2.36. The molecule has 3 N–H and O–H groups in total. The van der Waals surface area contributed by atoms with Crippen molar-refractivity contribution in [3.63, 3.8) is 0 Å². The van der Waals surface area contributed by atoms with Gasteiger partial charge in [-0.25, -0.2) is 4.79 Å². The van der Waals surface area contributed by atoms with Crippen LogP contribution in [0.1, 0.15) is 27.6 Å². The van der Waals surface area contributed by atoms with Gasteiger partial charge >= 0.3 is 5.97 Å². The highest BCUT2D eigenvalue weighted by Gasteiger charge is 2.14. The normalized spacial score (nSPS) is 10.9. The molecule has 0 aliphatic rings. The minimum absolute atomic E-state index is 0.00324. The minimum atomic E-state index is -1.11. The van der Waals surface area contributed by atoms with Gasteiger partial charge in [0.05, 0.1) is 19.8 Å². The molecule has 0 saturated carbocycles. The van der Waals surface area contributed by atoms with Gasteiger partial charge in [0, 0.05) is 5.56 Å². The number of hydrogen-bond acceptors (Lipinski definition) is 6. The standard InChI is InChI=1S/C9H10O5.C9H10O2/c1-13-6-3-5(9(11)12)4-7(14-2)8(6)10;1-7(10)9(11)8-5-3-2-4-6-8/h3-4,10H,1-2H3,(H,11,12);2-7,10H,1H3. The van der Waals surface area contributed by atoms with E-state index < -0.39 is 12.1 Å². The van der Waals surface area contributed by atoms with E-state index in [2.05, 4.69) is 0 Å². The summed E-state index contributed by atoms with van der Waals surface area (Å²) in [5.41, 5.74) is 0.555. The van der Waals surface area contributed by atoms with E-state index >= 15 is 0 Å².